The molecule has 8 heteroatoms. The molecule has 0 spiro atoms. The van der Waals surface area contributed by atoms with E-state index in [-0.39, 0.29) is 28.3 Å². The van der Waals surface area contributed by atoms with Crippen LogP contribution in [0.4, 0.5) is 10.1 Å². The van der Waals surface area contributed by atoms with Crippen LogP contribution in [0.15, 0.2) is 52.4 Å². The van der Waals surface area contributed by atoms with E-state index in [1.54, 1.807) is 16.7 Å². The fourth-order valence-corrected chi connectivity index (χ4v) is 4.66. The van der Waals surface area contributed by atoms with Crippen LogP contribution in [-0.2, 0) is 4.79 Å². The number of thioether (sulfide) groups is 1. The van der Waals surface area contributed by atoms with E-state index < -0.39 is 5.82 Å². The normalized spacial score (nSPS) is 14.4. The SMILES string of the molecule is O=C(CSc1nc2ccccc2c(=O)n1C1CCCC1)Nc1ccc(F)c(Cl)c1. The van der Waals surface area contributed by atoms with Crippen LogP contribution in [0.1, 0.15) is 31.7 Å². The Morgan fingerprint density at radius 2 is 2.00 bits per heavy atom. The van der Waals surface area contributed by atoms with Crippen LogP contribution in [-0.4, -0.2) is 21.2 Å². The van der Waals surface area contributed by atoms with Crippen LogP contribution in [0, 0.1) is 5.82 Å². The Morgan fingerprint density at radius 1 is 1.24 bits per heavy atom. The summed E-state index contributed by atoms with van der Waals surface area (Å²) in [6, 6.07) is 11.4. The van der Waals surface area contributed by atoms with Gasteiger partial charge in [-0.1, -0.05) is 48.3 Å². The summed E-state index contributed by atoms with van der Waals surface area (Å²) in [5.41, 5.74) is 0.984. The van der Waals surface area contributed by atoms with E-state index in [1.807, 2.05) is 12.1 Å². The van der Waals surface area contributed by atoms with Crippen LogP contribution in [0.5, 0.6) is 0 Å². The standard InChI is InChI=1S/C21H19ClFN3O2S/c22-16-11-13(9-10-17(16)23)24-19(27)12-29-21-25-18-8-4-3-7-15(18)20(28)26(21)14-5-1-2-6-14/h3-4,7-11,14H,1-2,5-6,12H2,(H,24,27). The minimum absolute atomic E-state index is 0.0540. The first-order chi connectivity index (χ1) is 14.0. The third kappa shape index (κ3) is 4.31. The number of nitrogens with one attached hydrogen (secondary N) is 1. The maximum absolute atomic E-state index is 13.3. The Morgan fingerprint density at radius 3 is 2.76 bits per heavy atom. The second-order valence-electron chi connectivity index (χ2n) is 6.99. The summed E-state index contributed by atoms with van der Waals surface area (Å²) in [6.45, 7) is 0. The predicted octanol–water partition coefficient (Wildman–Crippen LogP) is 5.03. The van der Waals surface area contributed by atoms with Crippen molar-refractivity contribution in [1.82, 2.24) is 9.55 Å². The molecule has 1 aliphatic rings. The van der Waals surface area contributed by atoms with Crippen LogP contribution in [0.2, 0.25) is 5.02 Å². The molecule has 150 valence electrons. The van der Waals surface area contributed by atoms with Crippen molar-refractivity contribution >= 4 is 45.9 Å². The molecule has 1 N–H and O–H groups in total. The lowest BCUT2D eigenvalue weighted by Gasteiger charge is -2.18. The molecule has 0 radical (unpaired) electrons. The minimum atomic E-state index is -0.542. The van der Waals surface area contributed by atoms with E-state index in [0.29, 0.717) is 21.7 Å². The Kier molecular flexibility index (Phi) is 5.87. The number of hydrogen-bond donors (Lipinski definition) is 1. The second-order valence-corrected chi connectivity index (χ2v) is 8.34. The summed E-state index contributed by atoms with van der Waals surface area (Å²) in [6.07, 6.45) is 4.04. The number of carbonyl (C=O) groups is 1. The Balaban J connectivity index is 1.58. The fourth-order valence-electron chi connectivity index (χ4n) is 3.61. The van der Waals surface area contributed by atoms with Gasteiger partial charge in [0.1, 0.15) is 5.82 Å². The average Bonchev–Trinajstić information content (AvgIpc) is 3.23. The molecule has 1 heterocycles. The number of para-hydroxylation sites is 1. The van der Waals surface area contributed by atoms with E-state index in [9.17, 15) is 14.0 Å². The third-order valence-electron chi connectivity index (χ3n) is 5.00. The molecule has 1 fully saturated rings. The van der Waals surface area contributed by atoms with Crippen LogP contribution in [0.3, 0.4) is 0 Å². The van der Waals surface area contributed by atoms with Gasteiger partial charge < -0.3 is 5.32 Å². The van der Waals surface area contributed by atoms with Gasteiger partial charge >= 0.3 is 0 Å². The summed E-state index contributed by atoms with van der Waals surface area (Å²) in [4.78, 5) is 30.1. The van der Waals surface area contributed by atoms with Crippen LogP contribution >= 0.6 is 23.4 Å². The number of amides is 1. The van der Waals surface area contributed by atoms with Crippen molar-refractivity contribution in [3.63, 3.8) is 0 Å². The Bertz CT molecular complexity index is 1130. The number of fused-ring (bicyclic) bond motifs is 1. The number of anilines is 1. The number of hydrogen-bond acceptors (Lipinski definition) is 4. The zero-order valence-electron chi connectivity index (χ0n) is 15.5. The molecule has 0 aliphatic heterocycles. The average molecular weight is 432 g/mol. The first kappa shape index (κ1) is 19.9. The lowest BCUT2D eigenvalue weighted by atomic mass is 10.2. The van der Waals surface area contributed by atoms with Crippen LogP contribution < -0.4 is 10.9 Å². The summed E-state index contributed by atoms with van der Waals surface area (Å²) in [5, 5.41) is 3.78. The molecule has 1 amide bonds. The molecular formula is C21H19ClFN3O2S. The van der Waals surface area contributed by atoms with E-state index >= 15 is 0 Å². The predicted molar refractivity (Wildman–Crippen MR) is 114 cm³/mol. The molecule has 1 aromatic heterocycles. The van der Waals surface area contributed by atoms with Crippen molar-refractivity contribution in [2.45, 2.75) is 36.9 Å². The molecule has 0 bridgehead atoms. The van der Waals surface area contributed by atoms with E-state index in [0.717, 1.165) is 25.7 Å². The maximum Gasteiger partial charge on any atom is 0.262 e. The van der Waals surface area contributed by atoms with Crippen molar-refractivity contribution in [3.05, 3.63) is 63.7 Å². The monoisotopic (exact) mass is 431 g/mol. The highest BCUT2D eigenvalue weighted by molar-refractivity contribution is 7.99. The van der Waals surface area contributed by atoms with E-state index in [4.69, 9.17) is 11.6 Å². The van der Waals surface area contributed by atoms with Gasteiger partial charge in [-0.15, -0.1) is 0 Å². The highest BCUT2D eigenvalue weighted by atomic mass is 35.5. The van der Waals surface area contributed by atoms with Gasteiger partial charge in [-0.3, -0.25) is 14.2 Å². The maximum atomic E-state index is 13.3. The Labute approximate surface area is 176 Å². The van der Waals surface area contributed by atoms with E-state index in [1.165, 1.54) is 30.0 Å². The van der Waals surface area contributed by atoms with Gasteiger partial charge in [0.2, 0.25) is 5.91 Å². The van der Waals surface area contributed by atoms with Gasteiger partial charge in [0.15, 0.2) is 5.16 Å². The highest BCUT2D eigenvalue weighted by Crippen LogP contribution is 2.32. The summed E-state index contributed by atoms with van der Waals surface area (Å²) >= 11 is 6.99. The van der Waals surface area contributed by atoms with Crippen LogP contribution in [0.25, 0.3) is 10.9 Å². The molecule has 1 saturated carbocycles. The van der Waals surface area contributed by atoms with Gasteiger partial charge in [0.25, 0.3) is 5.56 Å². The van der Waals surface area contributed by atoms with Gasteiger partial charge in [-0.2, -0.15) is 0 Å². The quantitative estimate of drug-likeness (QED) is 0.454. The summed E-state index contributed by atoms with van der Waals surface area (Å²) in [5.74, 6) is -0.745. The molecule has 29 heavy (non-hydrogen) atoms. The summed E-state index contributed by atoms with van der Waals surface area (Å²) in [7, 11) is 0. The number of halogens is 2. The van der Waals surface area contributed by atoms with Crippen molar-refractivity contribution < 1.29 is 9.18 Å². The topological polar surface area (TPSA) is 64.0 Å². The number of nitrogens with zero attached hydrogens (tertiary/aromatic N) is 2. The fraction of sp³-hybridized carbons (Fsp3) is 0.286. The largest absolute Gasteiger partial charge is 0.325 e. The number of aromatic nitrogens is 2. The lowest BCUT2D eigenvalue weighted by molar-refractivity contribution is -0.113. The van der Waals surface area contributed by atoms with Crippen molar-refractivity contribution in [3.8, 4) is 0 Å². The molecular weight excluding hydrogens is 413 g/mol. The molecule has 1 aliphatic carbocycles. The third-order valence-corrected chi connectivity index (χ3v) is 6.24. The van der Waals surface area contributed by atoms with Gasteiger partial charge in [0.05, 0.1) is 21.7 Å². The number of benzene rings is 2. The van der Waals surface area contributed by atoms with Gasteiger partial charge in [0, 0.05) is 11.7 Å². The van der Waals surface area contributed by atoms with Crippen molar-refractivity contribution in [1.29, 1.82) is 0 Å². The first-order valence-electron chi connectivity index (χ1n) is 9.42. The molecule has 0 unspecified atom stereocenters. The smallest absolute Gasteiger partial charge is 0.262 e. The van der Waals surface area contributed by atoms with Crippen molar-refractivity contribution in [2.75, 3.05) is 11.1 Å². The van der Waals surface area contributed by atoms with Gasteiger partial charge in [-0.25, -0.2) is 9.37 Å². The zero-order valence-corrected chi connectivity index (χ0v) is 17.1. The van der Waals surface area contributed by atoms with E-state index in [2.05, 4.69) is 10.3 Å². The molecule has 0 saturated heterocycles. The molecule has 5 nitrogen and oxygen atoms in total. The van der Waals surface area contributed by atoms with Gasteiger partial charge in [-0.05, 0) is 43.2 Å². The lowest BCUT2D eigenvalue weighted by Crippen LogP contribution is -2.27. The number of carbonyl (C=O) groups excluding carboxylic acids is 1. The number of rotatable bonds is 5. The molecule has 2 aromatic carbocycles. The molecule has 4 rings (SSSR count). The highest BCUT2D eigenvalue weighted by Gasteiger charge is 2.23. The van der Waals surface area contributed by atoms with Crippen molar-refractivity contribution in [2.24, 2.45) is 0 Å². The second kappa shape index (κ2) is 8.55. The summed E-state index contributed by atoms with van der Waals surface area (Å²) < 4.78 is 15.0. The Hall–Kier alpha value is -2.38. The minimum Gasteiger partial charge on any atom is -0.325 e. The first-order valence-corrected chi connectivity index (χ1v) is 10.8. The zero-order chi connectivity index (χ0) is 20.4. The molecule has 3 aromatic rings. The molecule has 0 atom stereocenters.